The Kier molecular flexibility index (Phi) is 7.27. The number of hydrogen-bond donors (Lipinski definition) is 3. The van der Waals surface area contributed by atoms with Crippen LogP contribution in [0.3, 0.4) is 0 Å². The molecule has 0 aromatic heterocycles. The zero-order valence-corrected chi connectivity index (χ0v) is 15.4. The van der Waals surface area contributed by atoms with Crippen molar-refractivity contribution in [2.75, 3.05) is 6.54 Å². The molecule has 0 saturated heterocycles. The molecule has 0 saturated carbocycles. The maximum Gasteiger partial charge on any atom is 0.248 e. The number of carbonyl (C=O) groups excluding carboxylic acids is 2. The Bertz CT molecular complexity index is 925. The van der Waals surface area contributed by atoms with Crippen molar-refractivity contribution in [1.29, 1.82) is 0 Å². The Hall–Kier alpha value is -2.97. The summed E-state index contributed by atoms with van der Waals surface area (Å²) in [5.74, 6) is -0.852. The minimum Gasteiger partial charge on any atom is -0.366 e. The standard InChI is InChI=1S/C19H21N3O4S/c20-19(24)17-8-4-7-16(13-17)14-21-18(23)9-11-22-27(25,26)12-10-15-5-2-1-3-6-15/h1-8,10,12-13,22H,9,11,14H2,(H2,20,24)(H,21,23)/b12-10+. The molecule has 2 aromatic carbocycles. The molecule has 4 N–H and O–H groups in total. The third-order valence-electron chi connectivity index (χ3n) is 3.60. The summed E-state index contributed by atoms with van der Waals surface area (Å²) in [6, 6.07) is 15.6. The molecule has 0 aliphatic carbocycles. The Morgan fingerprint density at radius 3 is 2.48 bits per heavy atom. The van der Waals surface area contributed by atoms with Gasteiger partial charge in [-0.1, -0.05) is 42.5 Å². The predicted molar refractivity (Wildman–Crippen MR) is 104 cm³/mol. The lowest BCUT2D eigenvalue weighted by molar-refractivity contribution is -0.121. The van der Waals surface area contributed by atoms with E-state index in [1.807, 2.05) is 18.2 Å². The summed E-state index contributed by atoms with van der Waals surface area (Å²) >= 11 is 0. The summed E-state index contributed by atoms with van der Waals surface area (Å²) in [5, 5.41) is 3.73. The first-order valence-corrected chi connectivity index (χ1v) is 9.78. The van der Waals surface area contributed by atoms with Gasteiger partial charge in [0.1, 0.15) is 0 Å². The largest absolute Gasteiger partial charge is 0.366 e. The number of carbonyl (C=O) groups is 2. The average Bonchev–Trinajstić information content (AvgIpc) is 2.66. The highest BCUT2D eigenvalue weighted by atomic mass is 32.2. The van der Waals surface area contributed by atoms with E-state index in [4.69, 9.17) is 5.73 Å². The van der Waals surface area contributed by atoms with Gasteiger partial charge in [-0.2, -0.15) is 0 Å². The number of amides is 2. The molecule has 0 heterocycles. The second kappa shape index (κ2) is 9.65. The van der Waals surface area contributed by atoms with Crippen LogP contribution in [0.2, 0.25) is 0 Å². The number of rotatable bonds is 9. The Morgan fingerprint density at radius 2 is 1.78 bits per heavy atom. The van der Waals surface area contributed by atoms with E-state index in [0.717, 1.165) is 16.5 Å². The maximum absolute atomic E-state index is 11.9. The van der Waals surface area contributed by atoms with Crippen LogP contribution in [-0.2, 0) is 21.4 Å². The fraction of sp³-hybridized carbons (Fsp3) is 0.158. The molecular weight excluding hydrogens is 366 g/mol. The molecule has 0 aliphatic heterocycles. The van der Waals surface area contributed by atoms with E-state index >= 15 is 0 Å². The number of nitrogens with one attached hydrogen (secondary N) is 2. The first-order chi connectivity index (χ1) is 12.9. The van der Waals surface area contributed by atoms with Crippen molar-refractivity contribution in [3.8, 4) is 0 Å². The average molecular weight is 387 g/mol. The van der Waals surface area contributed by atoms with Crippen LogP contribution in [0.5, 0.6) is 0 Å². The zero-order chi connectivity index (χ0) is 19.7. The van der Waals surface area contributed by atoms with Gasteiger partial charge in [-0.3, -0.25) is 9.59 Å². The number of nitrogens with two attached hydrogens (primary N) is 1. The van der Waals surface area contributed by atoms with Gasteiger partial charge in [0.2, 0.25) is 21.8 Å². The van der Waals surface area contributed by atoms with Crippen molar-refractivity contribution in [3.63, 3.8) is 0 Å². The Morgan fingerprint density at radius 1 is 1.04 bits per heavy atom. The minimum atomic E-state index is -3.62. The van der Waals surface area contributed by atoms with Crippen LogP contribution in [0.25, 0.3) is 6.08 Å². The lowest BCUT2D eigenvalue weighted by atomic mass is 10.1. The lowest BCUT2D eigenvalue weighted by Gasteiger charge is -2.07. The molecule has 0 radical (unpaired) electrons. The fourth-order valence-corrected chi connectivity index (χ4v) is 3.03. The molecule has 8 heteroatoms. The van der Waals surface area contributed by atoms with Crippen molar-refractivity contribution in [2.45, 2.75) is 13.0 Å². The second-order valence-electron chi connectivity index (χ2n) is 5.74. The summed E-state index contributed by atoms with van der Waals surface area (Å²) in [6.45, 7) is 0.204. The van der Waals surface area contributed by atoms with Crippen LogP contribution in [0.15, 0.2) is 60.0 Å². The second-order valence-corrected chi connectivity index (χ2v) is 7.39. The molecule has 2 rings (SSSR count). The van der Waals surface area contributed by atoms with Gasteiger partial charge in [0.25, 0.3) is 0 Å². The van der Waals surface area contributed by atoms with Crippen molar-refractivity contribution < 1.29 is 18.0 Å². The van der Waals surface area contributed by atoms with Gasteiger partial charge in [-0.15, -0.1) is 0 Å². The van der Waals surface area contributed by atoms with Gasteiger partial charge in [-0.25, -0.2) is 13.1 Å². The number of primary amides is 1. The highest BCUT2D eigenvalue weighted by Crippen LogP contribution is 2.05. The van der Waals surface area contributed by atoms with Gasteiger partial charge in [-0.05, 0) is 29.3 Å². The number of benzene rings is 2. The molecule has 0 bridgehead atoms. The normalized spacial score (nSPS) is 11.4. The van der Waals surface area contributed by atoms with Crippen LogP contribution in [-0.4, -0.2) is 26.8 Å². The van der Waals surface area contributed by atoms with Crippen LogP contribution < -0.4 is 15.8 Å². The summed E-state index contributed by atoms with van der Waals surface area (Å²) in [7, 11) is -3.62. The first kappa shape index (κ1) is 20.3. The monoisotopic (exact) mass is 387 g/mol. The first-order valence-electron chi connectivity index (χ1n) is 8.24. The molecule has 7 nitrogen and oxygen atoms in total. The van der Waals surface area contributed by atoms with Crippen molar-refractivity contribution in [2.24, 2.45) is 5.73 Å². The van der Waals surface area contributed by atoms with Crippen molar-refractivity contribution in [1.82, 2.24) is 10.0 Å². The van der Waals surface area contributed by atoms with E-state index in [1.165, 1.54) is 6.08 Å². The highest BCUT2D eigenvalue weighted by Gasteiger charge is 2.08. The van der Waals surface area contributed by atoms with E-state index in [1.54, 1.807) is 36.4 Å². The molecular formula is C19H21N3O4S. The van der Waals surface area contributed by atoms with E-state index in [9.17, 15) is 18.0 Å². The van der Waals surface area contributed by atoms with Gasteiger partial charge < -0.3 is 11.1 Å². The summed E-state index contributed by atoms with van der Waals surface area (Å²) in [6.07, 6.45) is 1.47. The minimum absolute atomic E-state index is 0.00603. The van der Waals surface area contributed by atoms with Crippen LogP contribution in [0, 0.1) is 0 Å². The predicted octanol–water partition coefficient (Wildman–Crippen LogP) is 1.38. The van der Waals surface area contributed by atoms with Gasteiger partial charge in [0.05, 0.1) is 0 Å². The molecule has 0 spiro atoms. The third kappa shape index (κ3) is 7.43. The van der Waals surface area contributed by atoms with Crippen molar-refractivity contribution >= 4 is 27.9 Å². The molecule has 2 aromatic rings. The number of hydrogen-bond acceptors (Lipinski definition) is 4. The van der Waals surface area contributed by atoms with Crippen molar-refractivity contribution in [3.05, 3.63) is 76.7 Å². The van der Waals surface area contributed by atoms with Crippen LogP contribution in [0.4, 0.5) is 0 Å². The maximum atomic E-state index is 11.9. The zero-order valence-electron chi connectivity index (χ0n) is 14.6. The summed E-state index contributed by atoms with van der Waals surface area (Å²) in [5.41, 5.74) is 7.06. The molecule has 0 atom stereocenters. The van der Waals surface area contributed by atoms with E-state index in [-0.39, 0.29) is 25.4 Å². The Balaban J connectivity index is 1.76. The summed E-state index contributed by atoms with van der Waals surface area (Å²) in [4.78, 5) is 23.0. The van der Waals surface area contributed by atoms with Gasteiger partial charge >= 0.3 is 0 Å². The van der Waals surface area contributed by atoms with E-state index < -0.39 is 15.9 Å². The lowest BCUT2D eigenvalue weighted by Crippen LogP contribution is -2.29. The highest BCUT2D eigenvalue weighted by molar-refractivity contribution is 7.92. The van der Waals surface area contributed by atoms with Crippen LogP contribution in [0.1, 0.15) is 27.9 Å². The third-order valence-corrected chi connectivity index (χ3v) is 4.70. The fourth-order valence-electron chi connectivity index (χ4n) is 2.21. The van der Waals surface area contributed by atoms with Gasteiger partial charge in [0.15, 0.2) is 0 Å². The number of sulfonamides is 1. The van der Waals surface area contributed by atoms with Crippen LogP contribution >= 0.6 is 0 Å². The molecule has 0 fully saturated rings. The molecule has 142 valence electrons. The molecule has 0 aliphatic rings. The molecule has 0 unspecified atom stereocenters. The Labute approximate surface area is 158 Å². The molecule has 27 heavy (non-hydrogen) atoms. The summed E-state index contributed by atoms with van der Waals surface area (Å²) < 4.78 is 26.1. The SMILES string of the molecule is NC(=O)c1cccc(CNC(=O)CCNS(=O)(=O)/C=C/c2ccccc2)c1. The van der Waals surface area contributed by atoms with E-state index in [0.29, 0.717) is 5.56 Å². The van der Waals surface area contributed by atoms with Gasteiger partial charge in [0, 0.05) is 30.5 Å². The smallest absolute Gasteiger partial charge is 0.248 e. The topological polar surface area (TPSA) is 118 Å². The molecule has 2 amide bonds. The van der Waals surface area contributed by atoms with E-state index in [2.05, 4.69) is 10.0 Å². The quantitative estimate of drug-likeness (QED) is 0.602.